The van der Waals surface area contributed by atoms with E-state index in [4.69, 9.17) is 4.74 Å². The predicted octanol–water partition coefficient (Wildman–Crippen LogP) is 4.23. The molecule has 80 valence electrons. The minimum atomic E-state index is 0.0519. The Morgan fingerprint density at radius 3 is 2.60 bits per heavy atom. The van der Waals surface area contributed by atoms with E-state index >= 15 is 0 Å². The van der Waals surface area contributed by atoms with Crippen LogP contribution in [0.3, 0.4) is 0 Å². The summed E-state index contributed by atoms with van der Waals surface area (Å²) in [5, 5.41) is 0. The van der Waals surface area contributed by atoms with Crippen LogP contribution >= 0.6 is 15.9 Å². The van der Waals surface area contributed by atoms with Crippen molar-refractivity contribution in [1.82, 2.24) is 0 Å². The molecule has 1 aromatic rings. The Morgan fingerprint density at radius 2 is 2.07 bits per heavy atom. The van der Waals surface area contributed by atoms with Gasteiger partial charge in [0.1, 0.15) is 0 Å². The Balaban J connectivity index is 2.71. The van der Waals surface area contributed by atoms with Crippen LogP contribution in [0, 0.1) is 0 Å². The summed E-state index contributed by atoms with van der Waals surface area (Å²) in [5.41, 5.74) is 1.17. The first-order chi connectivity index (χ1) is 7.24. The summed E-state index contributed by atoms with van der Waals surface area (Å²) in [4.78, 5) is 0. The monoisotopic (exact) mass is 266 g/mol. The van der Waals surface area contributed by atoms with E-state index in [0.29, 0.717) is 6.61 Å². The molecule has 0 aliphatic rings. The third-order valence-corrected chi connectivity index (χ3v) is 2.32. The van der Waals surface area contributed by atoms with Crippen molar-refractivity contribution in [2.45, 2.75) is 12.5 Å². The standard InChI is InChI=1S/C13H15BrO/c1-3-9-15-13(10-11(2)14)12-7-5-4-6-8-12/h3-8,13H,1-2,9-10H2. The summed E-state index contributed by atoms with van der Waals surface area (Å²) in [7, 11) is 0. The molecule has 0 saturated carbocycles. The van der Waals surface area contributed by atoms with E-state index in [-0.39, 0.29) is 6.10 Å². The van der Waals surface area contributed by atoms with Gasteiger partial charge in [-0.15, -0.1) is 6.58 Å². The molecule has 2 heteroatoms. The topological polar surface area (TPSA) is 9.23 Å². The maximum absolute atomic E-state index is 5.68. The summed E-state index contributed by atoms with van der Waals surface area (Å²) in [6, 6.07) is 10.1. The summed E-state index contributed by atoms with van der Waals surface area (Å²) in [5.74, 6) is 0. The third kappa shape index (κ3) is 4.45. The highest BCUT2D eigenvalue weighted by atomic mass is 79.9. The quantitative estimate of drug-likeness (QED) is 0.701. The second kappa shape index (κ2) is 6.59. The molecule has 0 bridgehead atoms. The molecule has 1 nitrogen and oxygen atoms in total. The highest BCUT2D eigenvalue weighted by Gasteiger charge is 2.11. The van der Waals surface area contributed by atoms with Gasteiger partial charge in [-0.3, -0.25) is 0 Å². The number of hydrogen-bond acceptors (Lipinski definition) is 1. The van der Waals surface area contributed by atoms with Gasteiger partial charge in [0.2, 0.25) is 0 Å². The van der Waals surface area contributed by atoms with Crippen LogP contribution < -0.4 is 0 Å². The third-order valence-electron chi connectivity index (χ3n) is 1.99. The summed E-state index contributed by atoms with van der Waals surface area (Å²) in [6.45, 7) is 8.04. The molecule has 0 radical (unpaired) electrons. The van der Waals surface area contributed by atoms with Crippen LogP contribution in [0.5, 0.6) is 0 Å². The molecule has 1 aromatic carbocycles. The molecular weight excluding hydrogens is 252 g/mol. The second-order valence-electron chi connectivity index (χ2n) is 3.24. The lowest BCUT2D eigenvalue weighted by Gasteiger charge is -2.16. The molecule has 1 atom stereocenters. The minimum absolute atomic E-state index is 0.0519. The van der Waals surface area contributed by atoms with Crippen LogP contribution in [0.2, 0.25) is 0 Å². The van der Waals surface area contributed by atoms with Gasteiger partial charge in [0.15, 0.2) is 0 Å². The average Bonchev–Trinajstić information content (AvgIpc) is 2.25. The average molecular weight is 267 g/mol. The maximum atomic E-state index is 5.68. The lowest BCUT2D eigenvalue weighted by atomic mass is 10.1. The van der Waals surface area contributed by atoms with Crippen LogP contribution in [0.15, 0.2) is 54.0 Å². The summed E-state index contributed by atoms with van der Waals surface area (Å²) >= 11 is 3.36. The molecule has 0 N–H and O–H groups in total. The molecule has 0 aliphatic carbocycles. The number of hydrogen-bond donors (Lipinski definition) is 0. The van der Waals surface area contributed by atoms with Gasteiger partial charge in [-0.2, -0.15) is 0 Å². The van der Waals surface area contributed by atoms with Crippen LogP contribution in [0.25, 0.3) is 0 Å². The highest BCUT2D eigenvalue weighted by Crippen LogP contribution is 2.26. The number of ether oxygens (including phenoxy) is 1. The Labute approximate surface area is 99.6 Å². The van der Waals surface area contributed by atoms with Crippen molar-refractivity contribution >= 4 is 15.9 Å². The van der Waals surface area contributed by atoms with Gasteiger partial charge in [0.25, 0.3) is 0 Å². The molecule has 0 spiro atoms. The first kappa shape index (κ1) is 12.2. The fraction of sp³-hybridized carbons (Fsp3) is 0.231. The number of rotatable bonds is 6. The second-order valence-corrected chi connectivity index (χ2v) is 4.36. The summed E-state index contributed by atoms with van der Waals surface area (Å²) in [6.07, 6.45) is 2.58. The van der Waals surface area contributed by atoms with E-state index in [1.54, 1.807) is 6.08 Å². The minimum Gasteiger partial charge on any atom is -0.369 e. The molecule has 0 fully saturated rings. The zero-order valence-electron chi connectivity index (χ0n) is 8.66. The van der Waals surface area contributed by atoms with E-state index in [1.165, 1.54) is 5.56 Å². The van der Waals surface area contributed by atoms with Gasteiger partial charge in [-0.25, -0.2) is 0 Å². The molecule has 0 amide bonds. The van der Waals surface area contributed by atoms with E-state index in [0.717, 1.165) is 10.9 Å². The predicted molar refractivity (Wildman–Crippen MR) is 68.0 cm³/mol. The van der Waals surface area contributed by atoms with Crippen molar-refractivity contribution in [3.63, 3.8) is 0 Å². The van der Waals surface area contributed by atoms with E-state index in [2.05, 4.69) is 41.2 Å². The molecule has 15 heavy (non-hydrogen) atoms. The van der Waals surface area contributed by atoms with Crippen molar-refractivity contribution in [2.75, 3.05) is 6.61 Å². The number of halogens is 1. The molecule has 1 rings (SSSR count). The Bertz CT molecular complexity index is 319. The fourth-order valence-corrected chi connectivity index (χ4v) is 1.62. The molecule has 0 aliphatic heterocycles. The van der Waals surface area contributed by atoms with E-state index < -0.39 is 0 Å². The lowest BCUT2D eigenvalue weighted by molar-refractivity contribution is 0.0761. The van der Waals surface area contributed by atoms with Crippen molar-refractivity contribution < 1.29 is 4.74 Å². The lowest BCUT2D eigenvalue weighted by Crippen LogP contribution is -2.04. The number of benzene rings is 1. The first-order valence-electron chi connectivity index (χ1n) is 4.84. The van der Waals surface area contributed by atoms with Gasteiger partial charge in [0, 0.05) is 6.42 Å². The summed E-state index contributed by atoms with van der Waals surface area (Å²) < 4.78 is 6.62. The van der Waals surface area contributed by atoms with Crippen LogP contribution in [0.1, 0.15) is 18.1 Å². The van der Waals surface area contributed by atoms with Crippen molar-refractivity contribution in [3.8, 4) is 0 Å². The SMILES string of the molecule is C=CCOC(CC(=C)Br)c1ccccc1. The first-order valence-corrected chi connectivity index (χ1v) is 5.64. The van der Waals surface area contributed by atoms with Gasteiger partial charge in [-0.05, 0) is 10.0 Å². The molecule has 0 heterocycles. The highest BCUT2D eigenvalue weighted by molar-refractivity contribution is 9.11. The molecule has 0 aromatic heterocycles. The van der Waals surface area contributed by atoms with Crippen molar-refractivity contribution in [3.05, 3.63) is 59.6 Å². The van der Waals surface area contributed by atoms with Gasteiger partial charge < -0.3 is 4.74 Å². The van der Waals surface area contributed by atoms with E-state index in [9.17, 15) is 0 Å². The van der Waals surface area contributed by atoms with Gasteiger partial charge in [0.05, 0.1) is 12.7 Å². The van der Waals surface area contributed by atoms with Crippen LogP contribution in [-0.4, -0.2) is 6.61 Å². The Kier molecular flexibility index (Phi) is 5.37. The zero-order valence-corrected chi connectivity index (χ0v) is 10.2. The van der Waals surface area contributed by atoms with E-state index in [1.807, 2.05) is 18.2 Å². The Morgan fingerprint density at radius 1 is 1.40 bits per heavy atom. The fourth-order valence-electron chi connectivity index (χ4n) is 1.33. The van der Waals surface area contributed by atoms with Crippen molar-refractivity contribution in [2.24, 2.45) is 0 Å². The van der Waals surface area contributed by atoms with Crippen molar-refractivity contribution in [1.29, 1.82) is 0 Å². The van der Waals surface area contributed by atoms with Crippen LogP contribution in [0.4, 0.5) is 0 Å². The molecule has 0 saturated heterocycles. The van der Waals surface area contributed by atoms with Gasteiger partial charge >= 0.3 is 0 Å². The maximum Gasteiger partial charge on any atom is 0.0874 e. The zero-order chi connectivity index (χ0) is 11.1. The smallest absolute Gasteiger partial charge is 0.0874 e. The normalized spacial score (nSPS) is 12.1. The van der Waals surface area contributed by atoms with Crippen LogP contribution in [-0.2, 0) is 4.74 Å². The Hall–Kier alpha value is -0.860. The molecular formula is C13H15BrO. The largest absolute Gasteiger partial charge is 0.369 e. The van der Waals surface area contributed by atoms with Gasteiger partial charge in [-0.1, -0.05) is 58.9 Å². The molecule has 1 unspecified atom stereocenters.